The Balaban J connectivity index is 1.67. The van der Waals surface area contributed by atoms with Gasteiger partial charge in [0, 0.05) is 6.54 Å². The van der Waals surface area contributed by atoms with Gasteiger partial charge in [0.2, 0.25) is 0 Å². The molecule has 0 amide bonds. The average molecular weight is 276 g/mol. The standard InChI is InChI=1S/C16H28N4/c1-2-9-20-15(11-18-19-20)16(17)14-8-7-12-5-3-4-6-13(12)10-14/h11-14,16H,2-10,17H2,1H3. The lowest BCUT2D eigenvalue weighted by Gasteiger charge is -2.41. The van der Waals surface area contributed by atoms with Crippen LogP contribution in [0.1, 0.15) is 70.0 Å². The Bertz CT molecular complexity index is 428. The Labute approximate surface area is 122 Å². The first-order valence-corrected chi connectivity index (χ1v) is 8.43. The van der Waals surface area contributed by atoms with Crippen molar-refractivity contribution in [3.8, 4) is 0 Å². The molecule has 0 spiro atoms. The van der Waals surface area contributed by atoms with Crippen molar-refractivity contribution in [3.05, 3.63) is 11.9 Å². The first kappa shape index (κ1) is 14.1. The lowest BCUT2D eigenvalue weighted by Crippen LogP contribution is -2.34. The van der Waals surface area contributed by atoms with Crippen LogP contribution >= 0.6 is 0 Å². The van der Waals surface area contributed by atoms with Gasteiger partial charge in [0.25, 0.3) is 0 Å². The van der Waals surface area contributed by atoms with E-state index in [0.717, 1.165) is 30.5 Å². The topological polar surface area (TPSA) is 56.7 Å². The van der Waals surface area contributed by atoms with Crippen LogP contribution in [0.2, 0.25) is 0 Å². The van der Waals surface area contributed by atoms with Gasteiger partial charge < -0.3 is 5.73 Å². The second kappa shape index (κ2) is 6.25. The fourth-order valence-corrected chi connectivity index (χ4v) is 4.39. The van der Waals surface area contributed by atoms with Gasteiger partial charge in [-0.15, -0.1) is 5.10 Å². The summed E-state index contributed by atoms with van der Waals surface area (Å²) < 4.78 is 2.01. The van der Waals surface area contributed by atoms with Crippen LogP contribution in [0.15, 0.2) is 6.20 Å². The maximum Gasteiger partial charge on any atom is 0.0757 e. The number of rotatable bonds is 4. The minimum atomic E-state index is 0.124. The van der Waals surface area contributed by atoms with E-state index >= 15 is 0 Å². The molecule has 20 heavy (non-hydrogen) atoms. The van der Waals surface area contributed by atoms with E-state index in [4.69, 9.17) is 5.73 Å². The van der Waals surface area contributed by atoms with Crippen LogP contribution in [0.3, 0.4) is 0 Å². The van der Waals surface area contributed by atoms with Crippen molar-refractivity contribution >= 4 is 0 Å². The fraction of sp³-hybridized carbons (Fsp3) is 0.875. The summed E-state index contributed by atoms with van der Waals surface area (Å²) in [4.78, 5) is 0. The molecule has 2 fully saturated rings. The molecule has 4 nitrogen and oxygen atoms in total. The summed E-state index contributed by atoms with van der Waals surface area (Å²) >= 11 is 0. The number of aryl methyl sites for hydroxylation is 1. The van der Waals surface area contributed by atoms with Crippen LogP contribution in [0.25, 0.3) is 0 Å². The molecule has 0 radical (unpaired) electrons. The van der Waals surface area contributed by atoms with Crippen molar-refractivity contribution in [1.82, 2.24) is 15.0 Å². The smallest absolute Gasteiger partial charge is 0.0757 e. The molecule has 4 atom stereocenters. The minimum Gasteiger partial charge on any atom is -0.322 e. The maximum absolute atomic E-state index is 6.57. The highest BCUT2D eigenvalue weighted by Crippen LogP contribution is 2.45. The molecule has 0 bridgehead atoms. The number of nitrogens with two attached hydrogens (primary N) is 1. The van der Waals surface area contributed by atoms with Gasteiger partial charge in [-0.2, -0.15) is 0 Å². The van der Waals surface area contributed by atoms with Gasteiger partial charge in [-0.1, -0.05) is 37.8 Å². The normalized spacial score (nSPS) is 31.8. The van der Waals surface area contributed by atoms with E-state index < -0.39 is 0 Å². The molecule has 1 heterocycles. The molecule has 112 valence electrons. The molecule has 2 saturated carbocycles. The third-order valence-electron chi connectivity index (χ3n) is 5.51. The second-order valence-corrected chi connectivity index (χ2v) is 6.79. The summed E-state index contributed by atoms with van der Waals surface area (Å²) in [7, 11) is 0. The highest BCUT2D eigenvalue weighted by atomic mass is 15.4. The summed E-state index contributed by atoms with van der Waals surface area (Å²) in [5.41, 5.74) is 7.71. The lowest BCUT2D eigenvalue weighted by atomic mass is 9.66. The Hall–Kier alpha value is -0.900. The summed E-state index contributed by atoms with van der Waals surface area (Å²) in [6.07, 6.45) is 12.7. The van der Waals surface area contributed by atoms with E-state index in [9.17, 15) is 0 Å². The average Bonchev–Trinajstić information content (AvgIpc) is 2.94. The van der Waals surface area contributed by atoms with Crippen LogP contribution in [-0.4, -0.2) is 15.0 Å². The zero-order chi connectivity index (χ0) is 13.9. The molecule has 0 aliphatic heterocycles. The molecular formula is C16H28N4. The monoisotopic (exact) mass is 276 g/mol. The van der Waals surface area contributed by atoms with Crippen molar-refractivity contribution in [2.45, 2.75) is 70.9 Å². The predicted molar refractivity (Wildman–Crippen MR) is 80.0 cm³/mol. The number of aromatic nitrogens is 3. The molecule has 3 rings (SSSR count). The Morgan fingerprint density at radius 1 is 1.25 bits per heavy atom. The molecule has 1 aromatic rings. The van der Waals surface area contributed by atoms with Crippen LogP contribution in [0.5, 0.6) is 0 Å². The van der Waals surface area contributed by atoms with Crippen molar-refractivity contribution in [1.29, 1.82) is 0 Å². The molecule has 2 aliphatic rings. The van der Waals surface area contributed by atoms with Crippen molar-refractivity contribution < 1.29 is 0 Å². The number of hydrogen-bond donors (Lipinski definition) is 1. The van der Waals surface area contributed by atoms with Gasteiger partial charge in [0.15, 0.2) is 0 Å². The van der Waals surface area contributed by atoms with E-state index in [1.165, 1.54) is 44.9 Å². The number of hydrogen-bond acceptors (Lipinski definition) is 3. The third kappa shape index (κ3) is 2.76. The summed E-state index contributed by atoms with van der Waals surface area (Å²) in [5.74, 6) is 2.55. The van der Waals surface area contributed by atoms with Crippen LogP contribution < -0.4 is 5.73 Å². The minimum absolute atomic E-state index is 0.124. The highest BCUT2D eigenvalue weighted by molar-refractivity contribution is 5.04. The second-order valence-electron chi connectivity index (χ2n) is 6.79. The largest absolute Gasteiger partial charge is 0.322 e. The van der Waals surface area contributed by atoms with E-state index in [1.807, 2.05) is 10.9 Å². The van der Waals surface area contributed by atoms with Gasteiger partial charge in [0.05, 0.1) is 17.9 Å². The van der Waals surface area contributed by atoms with Gasteiger partial charge in [-0.05, 0) is 43.4 Å². The fourth-order valence-electron chi connectivity index (χ4n) is 4.39. The molecule has 2 aliphatic carbocycles. The molecule has 2 N–H and O–H groups in total. The summed E-state index contributed by atoms with van der Waals surface area (Å²) in [5, 5.41) is 8.26. The van der Waals surface area contributed by atoms with Gasteiger partial charge in [-0.25, -0.2) is 4.68 Å². The van der Waals surface area contributed by atoms with E-state index in [0.29, 0.717) is 5.92 Å². The molecule has 1 aromatic heterocycles. The first-order valence-electron chi connectivity index (χ1n) is 8.43. The van der Waals surface area contributed by atoms with Gasteiger partial charge >= 0.3 is 0 Å². The van der Waals surface area contributed by atoms with Crippen molar-refractivity contribution in [3.63, 3.8) is 0 Å². The molecular weight excluding hydrogens is 248 g/mol. The molecule has 0 saturated heterocycles. The zero-order valence-corrected chi connectivity index (χ0v) is 12.7. The van der Waals surface area contributed by atoms with E-state index in [2.05, 4.69) is 17.2 Å². The van der Waals surface area contributed by atoms with E-state index in [-0.39, 0.29) is 6.04 Å². The third-order valence-corrected chi connectivity index (χ3v) is 5.51. The van der Waals surface area contributed by atoms with E-state index in [1.54, 1.807) is 0 Å². The molecule has 0 aromatic carbocycles. The Morgan fingerprint density at radius 2 is 2.05 bits per heavy atom. The maximum atomic E-state index is 6.57. The van der Waals surface area contributed by atoms with Crippen LogP contribution in [-0.2, 0) is 6.54 Å². The van der Waals surface area contributed by atoms with Crippen molar-refractivity contribution in [2.24, 2.45) is 23.5 Å². The lowest BCUT2D eigenvalue weighted by molar-refractivity contribution is 0.115. The molecule has 4 unspecified atom stereocenters. The van der Waals surface area contributed by atoms with Gasteiger partial charge in [0.1, 0.15) is 0 Å². The quantitative estimate of drug-likeness (QED) is 0.918. The Morgan fingerprint density at radius 3 is 2.85 bits per heavy atom. The summed E-state index contributed by atoms with van der Waals surface area (Å²) in [6, 6.07) is 0.124. The predicted octanol–water partition coefficient (Wildman–Crippen LogP) is 3.29. The van der Waals surface area contributed by atoms with Crippen LogP contribution in [0, 0.1) is 17.8 Å². The SMILES string of the molecule is CCCn1nncc1C(N)C1CCC2CCCCC2C1. The van der Waals surface area contributed by atoms with Crippen molar-refractivity contribution in [2.75, 3.05) is 0 Å². The first-order chi connectivity index (χ1) is 9.79. The van der Waals surface area contributed by atoms with Gasteiger partial charge in [-0.3, -0.25) is 0 Å². The zero-order valence-electron chi connectivity index (χ0n) is 12.7. The number of nitrogens with zero attached hydrogens (tertiary/aromatic N) is 3. The molecule has 4 heteroatoms. The summed E-state index contributed by atoms with van der Waals surface area (Å²) in [6.45, 7) is 3.10. The van der Waals surface area contributed by atoms with Crippen LogP contribution in [0.4, 0.5) is 0 Å². The number of fused-ring (bicyclic) bond motifs is 1. The highest BCUT2D eigenvalue weighted by Gasteiger charge is 2.35. The Kier molecular flexibility index (Phi) is 4.39.